The third kappa shape index (κ3) is 2.89. The first kappa shape index (κ1) is 9.77. The molecule has 1 rings (SSSR count). The van der Waals surface area contributed by atoms with E-state index in [-0.39, 0.29) is 0 Å². The van der Waals surface area contributed by atoms with Crippen molar-refractivity contribution in [2.45, 2.75) is 13.8 Å². The number of anilines is 1. The summed E-state index contributed by atoms with van der Waals surface area (Å²) < 4.78 is 5.09. The molecule has 0 atom stereocenters. The Morgan fingerprint density at radius 3 is 2.92 bits per heavy atom. The molecule has 0 aliphatic heterocycles. The van der Waals surface area contributed by atoms with Gasteiger partial charge in [-0.2, -0.15) is 0 Å². The molecule has 4 nitrogen and oxygen atoms in total. The van der Waals surface area contributed by atoms with Crippen molar-refractivity contribution in [2.24, 2.45) is 5.92 Å². The van der Waals surface area contributed by atoms with Gasteiger partial charge < -0.3 is 10.1 Å². The fraction of sp³-hybridized carbons (Fsp3) is 0.556. The molecule has 1 N–H and O–H groups in total. The Morgan fingerprint density at radius 1 is 1.54 bits per heavy atom. The second-order valence-corrected chi connectivity index (χ2v) is 3.21. The minimum Gasteiger partial charge on any atom is -0.491 e. The molecule has 0 unspecified atom stereocenters. The molecule has 13 heavy (non-hydrogen) atoms. The number of hydrogen-bond donors (Lipinski definition) is 1. The van der Waals surface area contributed by atoms with Crippen LogP contribution in [0.3, 0.4) is 0 Å². The van der Waals surface area contributed by atoms with E-state index in [0.717, 1.165) is 12.4 Å². The van der Waals surface area contributed by atoms with Gasteiger partial charge in [-0.25, -0.2) is 9.97 Å². The maximum atomic E-state index is 5.09. The lowest BCUT2D eigenvalue weighted by Gasteiger charge is -2.10. The van der Waals surface area contributed by atoms with E-state index in [1.807, 2.05) is 0 Å². The summed E-state index contributed by atoms with van der Waals surface area (Å²) in [4.78, 5) is 7.94. The smallest absolute Gasteiger partial charge is 0.179 e. The monoisotopic (exact) mass is 181 g/mol. The van der Waals surface area contributed by atoms with Gasteiger partial charge in [0.2, 0.25) is 0 Å². The molecule has 0 saturated carbocycles. The summed E-state index contributed by atoms with van der Waals surface area (Å²) in [5.74, 6) is 2.02. The zero-order valence-electron chi connectivity index (χ0n) is 8.24. The Labute approximate surface area is 78.4 Å². The second-order valence-electron chi connectivity index (χ2n) is 3.21. The fourth-order valence-corrected chi connectivity index (χ4v) is 0.900. The molecule has 0 aliphatic rings. The largest absolute Gasteiger partial charge is 0.491 e. The number of hydrogen-bond acceptors (Lipinski definition) is 4. The van der Waals surface area contributed by atoms with E-state index in [9.17, 15) is 0 Å². The van der Waals surface area contributed by atoms with Gasteiger partial charge in [-0.1, -0.05) is 13.8 Å². The summed E-state index contributed by atoms with van der Waals surface area (Å²) in [5, 5.41) is 3.19. The van der Waals surface area contributed by atoms with Gasteiger partial charge in [-0.15, -0.1) is 0 Å². The second kappa shape index (κ2) is 4.64. The third-order valence-electron chi connectivity index (χ3n) is 1.58. The van der Waals surface area contributed by atoms with Gasteiger partial charge in [0.05, 0.1) is 13.3 Å². The molecule has 1 heterocycles. The minimum absolute atomic E-state index is 0.583. The summed E-state index contributed by atoms with van der Waals surface area (Å²) in [6, 6.07) is 0. The van der Waals surface area contributed by atoms with Crippen LogP contribution in [-0.4, -0.2) is 23.6 Å². The summed E-state index contributed by atoms with van der Waals surface area (Å²) in [6.07, 6.45) is 3.15. The van der Waals surface area contributed by atoms with E-state index in [0.29, 0.717) is 11.7 Å². The molecule has 0 fully saturated rings. The van der Waals surface area contributed by atoms with Crippen LogP contribution in [0.4, 0.5) is 5.82 Å². The molecule has 0 bridgehead atoms. The van der Waals surface area contributed by atoms with Crippen LogP contribution in [0, 0.1) is 5.92 Å². The standard InChI is InChI=1S/C9H15N3O/c1-7(2)4-11-9-8(13-3)5-10-6-12-9/h5-7H,4H2,1-3H3,(H,10,11,12). The number of aromatic nitrogens is 2. The van der Waals surface area contributed by atoms with Crippen molar-refractivity contribution in [3.05, 3.63) is 12.5 Å². The lowest BCUT2D eigenvalue weighted by atomic mass is 10.2. The van der Waals surface area contributed by atoms with E-state index in [2.05, 4.69) is 29.1 Å². The summed E-state index contributed by atoms with van der Waals surface area (Å²) >= 11 is 0. The maximum absolute atomic E-state index is 5.09. The van der Waals surface area contributed by atoms with E-state index in [1.54, 1.807) is 13.3 Å². The van der Waals surface area contributed by atoms with E-state index >= 15 is 0 Å². The molecule has 0 saturated heterocycles. The van der Waals surface area contributed by atoms with Gasteiger partial charge in [-0.05, 0) is 5.92 Å². The number of nitrogens with one attached hydrogen (secondary N) is 1. The van der Waals surface area contributed by atoms with Crippen LogP contribution >= 0.6 is 0 Å². The average molecular weight is 181 g/mol. The molecule has 0 aromatic carbocycles. The van der Waals surface area contributed by atoms with Crippen molar-refractivity contribution >= 4 is 5.82 Å². The topological polar surface area (TPSA) is 47.0 Å². The van der Waals surface area contributed by atoms with Crippen molar-refractivity contribution < 1.29 is 4.74 Å². The highest BCUT2D eigenvalue weighted by Crippen LogP contribution is 2.18. The molecule has 1 aromatic heterocycles. The average Bonchev–Trinajstić information content (AvgIpc) is 2.15. The Bertz CT molecular complexity index is 263. The highest BCUT2D eigenvalue weighted by atomic mass is 16.5. The van der Waals surface area contributed by atoms with Crippen LogP contribution in [0.2, 0.25) is 0 Å². The molecular formula is C9H15N3O. The maximum Gasteiger partial charge on any atom is 0.179 e. The summed E-state index contributed by atoms with van der Waals surface area (Å²) in [7, 11) is 1.61. The zero-order valence-corrected chi connectivity index (χ0v) is 8.24. The highest BCUT2D eigenvalue weighted by Gasteiger charge is 2.03. The Hall–Kier alpha value is -1.32. The Kier molecular flexibility index (Phi) is 3.49. The van der Waals surface area contributed by atoms with Crippen LogP contribution in [0.25, 0.3) is 0 Å². The van der Waals surface area contributed by atoms with Crippen molar-refractivity contribution in [1.82, 2.24) is 9.97 Å². The van der Waals surface area contributed by atoms with E-state index < -0.39 is 0 Å². The first-order valence-electron chi connectivity index (χ1n) is 4.32. The van der Waals surface area contributed by atoms with Crippen molar-refractivity contribution in [3.63, 3.8) is 0 Å². The van der Waals surface area contributed by atoms with Crippen molar-refractivity contribution in [2.75, 3.05) is 19.0 Å². The molecule has 0 amide bonds. The molecule has 1 aromatic rings. The zero-order chi connectivity index (χ0) is 9.68. The van der Waals surface area contributed by atoms with Crippen LogP contribution in [-0.2, 0) is 0 Å². The van der Waals surface area contributed by atoms with Gasteiger partial charge in [0.25, 0.3) is 0 Å². The van der Waals surface area contributed by atoms with Gasteiger partial charge in [0.1, 0.15) is 6.33 Å². The summed E-state index contributed by atoms with van der Waals surface area (Å²) in [5.41, 5.74) is 0. The van der Waals surface area contributed by atoms with Gasteiger partial charge in [-0.3, -0.25) is 0 Å². The lowest BCUT2D eigenvalue weighted by Crippen LogP contribution is -2.10. The number of ether oxygens (including phenoxy) is 1. The highest BCUT2D eigenvalue weighted by molar-refractivity contribution is 5.47. The third-order valence-corrected chi connectivity index (χ3v) is 1.58. The first-order valence-corrected chi connectivity index (χ1v) is 4.32. The van der Waals surface area contributed by atoms with Crippen LogP contribution in [0.15, 0.2) is 12.5 Å². The Morgan fingerprint density at radius 2 is 2.31 bits per heavy atom. The Balaban J connectivity index is 2.64. The number of nitrogens with zero attached hydrogens (tertiary/aromatic N) is 2. The molecule has 0 radical (unpaired) electrons. The van der Waals surface area contributed by atoms with Gasteiger partial charge in [0.15, 0.2) is 11.6 Å². The molecule has 0 aliphatic carbocycles. The lowest BCUT2D eigenvalue weighted by molar-refractivity contribution is 0.412. The molecule has 0 spiro atoms. The van der Waals surface area contributed by atoms with E-state index in [4.69, 9.17) is 4.74 Å². The van der Waals surface area contributed by atoms with Gasteiger partial charge >= 0.3 is 0 Å². The molecule has 72 valence electrons. The van der Waals surface area contributed by atoms with Crippen molar-refractivity contribution in [3.8, 4) is 5.75 Å². The predicted octanol–water partition coefficient (Wildman–Crippen LogP) is 1.55. The SMILES string of the molecule is COc1cncnc1NCC(C)C. The number of methoxy groups -OCH3 is 1. The fourth-order valence-electron chi connectivity index (χ4n) is 0.900. The van der Waals surface area contributed by atoms with E-state index in [1.165, 1.54) is 6.33 Å². The predicted molar refractivity (Wildman–Crippen MR) is 51.9 cm³/mol. The first-order chi connectivity index (χ1) is 6.24. The molecule has 4 heteroatoms. The van der Waals surface area contributed by atoms with Crippen molar-refractivity contribution in [1.29, 1.82) is 0 Å². The molecular weight excluding hydrogens is 166 g/mol. The number of rotatable bonds is 4. The quantitative estimate of drug-likeness (QED) is 0.765. The summed E-state index contributed by atoms with van der Waals surface area (Å²) in [6.45, 7) is 5.16. The van der Waals surface area contributed by atoms with Crippen LogP contribution in [0.5, 0.6) is 5.75 Å². The minimum atomic E-state index is 0.583. The van der Waals surface area contributed by atoms with Crippen LogP contribution < -0.4 is 10.1 Å². The van der Waals surface area contributed by atoms with Gasteiger partial charge in [0, 0.05) is 6.54 Å². The normalized spacial score (nSPS) is 10.2. The van der Waals surface area contributed by atoms with Crippen LogP contribution in [0.1, 0.15) is 13.8 Å².